The number of anilines is 1. The van der Waals surface area contributed by atoms with Gasteiger partial charge in [0.15, 0.2) is 0 Å². The lowest BCUT2D eigenvalue weighted by Gasteiger charge is -2.29. The Kier molecular flexibility index (Phi) is 5.41. The van der Waals surface area contributed by atoms with Crippen LogP contribution in [0.25, 0.3) is 0 Å². The summed E-state index contributed by atoms with van der Waals surface area (Å²) in [5, 5.41) is 9.12. The molecule has 2 rings (SSSR count). The minimum Gasteiger partial charge on any atom is -0.495 e. The highest BCUT2D eigenvalue weighted by Crippen LogP contribution is 2.23. The Morgan fingerprint density at radius 2 is 2.19 bits per heavy atom. The quantitative estimate of drug-likeness (QED) is 0.745. The summed E-state index contributed by atoms with van der Waals surface area (Å²) in [5.74, 6) is 0.637. The topological polar surface area (TPSA) is 71.6 Å². The van der Waals surface area contributed by atoms with Gasteiger partial charge in [-0.15, -0.1) is 0 Å². The third kappa shape index (κ3) is 4.09. The number of nitrogens with one attached hydrogen (secondary N) is 3. The van der Waals surface area contributed by atoms with Crippen molar-refractivity contribution in [2.75, 3.05) is 39.2 Å². The van der Waals surface area contributed by atoms with Crippen LogP contribution in [-0.4, -0.2) is 45.5 Å². The highest BCUT2D eigenvalue weighted by atomic mass is 16.5. The lowest BCUT2D eigenvalue weighted by atomic mass is 9.99. The maximum atomic E-state index is 12.0. The van der Waals surface area contributed by atoms with Crippen LogP contribution in [0.5, 0.6) is 5.75 Å². The second-order valence-electron chi connectivity index (χ2n) is 5.25. The van der Waals surface area contributed by atoms with E-state index in [9.17, 15) is 4.79 Å². The zero-order chi connectivity index (χ0) is 15.1. The van der Waals surface area contributed by atoms with Gasteiger partial charge in [-0.1, -0.05) is 12.1 Å². The van der Waals surface area contributed by atoms with Crippen LogP contribution in [0.2, 0.25) is 0 Å². The molecule has 2 amide bonds. The van der Waals surface area contributed by atoms with Gasteiger partial charge in [0.2, 0.25) is 0 Å². The molecule has 1 aromatic carbocycles. The van der Waals surface area contributed by atoms with E-state index in [1.54, 1.807) is 26.4 Å². The van der Waals surface area contributed by atoms with E-state index in [2.05, 4.69) is 16.0 Å². The maximum Gasteiger partial charge on any atom is 0.319 e. The fourth-order valence-electron chi connectivity index (χ4n) is 2.63. The Morgan fingerprint density at radius 1 is 1.38 bits per heavy atom. The second-order valence-corrected chi connectivity index (χ2v) is 5.25. The zero-order valence-electron chi connectivity index (χ0n) is 12.6. The largest absolute Gasteiger partial charge is 0.495 e. The van der Waals surface area contributed by atoms with E-state index in [4.69, 9.17) is 9.47 Å². The summed E-state index contributed by atoms with van der Waals surface area (Å²) in [6.45, 7) is 2.07. The van der Waals surface area contributed by atoms with Crippen LogP contribution in [0, 0.1) is 0 Å². The average Bonchev–Trinajstić information content (AvgIpc) is 2.95. The molecular weight excluding hydrogens is 270 g/mol. The third-order valence-electron chi connectivity index (χ3n) is 3.70. The monoisotopic (exact) mass is 293 g/mol. The van der Waals surface area contributed by atoms with Crippen LogP contribution in [0.3, 0.4) is 0 Å². The number of methoxy groups -OCH3 is 2. The van der Waals surface area contributed by atoms with E-state index < -0.39 is 0 Å². The molecule has 1 aliphatic heterocycles. The molecule has 1 aliphatic rings. The highest BCUT2D eigenvalue weighted by Gasteiger charge is 2.33. The van der Waals surface area contributed by atoms with Crippen LogP contribution in [-0.2, 0) is 4.74 Å². The average molecular weight is 293 g/mol. The molecule has 21 heavy (non-hydrogen) atoms. The van der Waals surface area contributed by atoms with Gasteiger partial charge in [0, 0.05) is 13.7 Å². The van der Waals surface area contributed by atoms with Crippen molar-refractivity contribution in [3.63, 3.8) is 0 Å². The van der Waals surface area contributed by atoms with Crippen molar-refractivity contribution in [2.45, 2.75) is 18.4 Å². The smallest absolute Gasteiger partial charge is 0.319 e. The molecule has 1 aromatic rings. The summed E-state index contributed by atoms with van der Waals surface area (Å²) in [6, 6.07) is 7.07. The summed E-state index contributed by atoms with van der Waals surface area (Å²) in [5.41, 5.74) is 0.491. The molecule has 6 heteroatoms. The van der Waals surface area contributed by atoms with Gasteiger partial charge in [-0.3, -0.25) is 0 Å². The van der Waals surface area contributed by atoms with E-state index in [0.717, 1.165) is 19.4 Å². The van der Waals surface area contributed by atoms with Crippen molar-refractivity contribution >= 4 is 11.7 Å². The Balaban J connectivity index is 1.89. The summed E-state index contributed by atoms with van der Waals surface area (Å²) in [6.07, 6.45) is 2.09. The Labute approximate surface area is 125 Å². The number of benzene rings is 1. The van der Waals surface area contributed by atoms with Crippen molar-refractivity contribution in [2.24, 2.45) is 0 Å². The third-order valence-corrected chi connectivity index (χ3v) is 3.70. The lowest BCUT2D eigenvalue weighted by molar-refractivity contribution is 0.120. The molecule has 1 fully saturated rings. The predicted octanol–water partition coefficient (Wildman–Crippen LogP) is 1.59. The Hall–Kier alpha value is -1.79. The molecule has 0 aliphatic carbocycles. The molecular formula is C15H23N3O3. The number of para-hydroxylation sites is 2. The van der Waals surface area contributed by atoms with Crippen LogP contribution in [0.15, 0.2) is 24.3 Å². The van der Waals surface area contributed by atoms with E-state index in [-0.39, 0.29) is 11.6 Å². The van der Waals surface area contributed by atoms with Gasteiger partial charge >= 0.3 is 6.03 Å². The summed E-state index contributed by atoms with van der Waals surface area (Å²) in [4.78, 5) is 12.0. The van der Waals surface area contributed by atoms with Crippen molar-refractivity contribution in [3.05, 3.63) is 24.3 Å². The molecule has 116 valence electrons. The van der Waals surface area contributed by atoms with E-state index in [1.807, 2.05) is 12.1 Å². The molecule has 1 saturated heterocycles. The van der Waals surface area contributed by atoms with Gasteiger partial charge in [-0.25, -0.2) is 4.79 Å². The molecule has 0 spiro atoms. The minimum absolute atomic E-state index is 0.160. The number of urea groups is 1. The summed E-state index contributed by atoms with van der Waals surface area (Å²) in [7, 11) is 3.26. The first-order chi connectivity index (χ1) is 10.2. The van der Waals surface area contributed by atoms with Crippen LogP contribution in [0.1, 0.15) is 12.8 Å². The van der Waals surface area contributed by atoms with Gasteiger partial charge in [0.05, 0.1) is 24.9 Å². The van der Waals surface area contributed by atoms with Crippen molar-refractivity contribution < 1.29 is 14.3 Å². The molecule has 1 atom stereocenters. The van der Waals surface area contributed by atoms with Gasteiger partial charge < -0.3 is 25.4 Å². The lowest BCUT2D eigenvalue weighted by Crippen LogP contribution is -2.53. The molecule has 3 N–H and O–H groups in total. The molecule has 1 unspecified atom stereocenters. The maximum absolute atomic E-state index is 12.0. The van der Waals surface area contributed by atoms with E-state index in [1.165, 1.54) is 0 Å². The van der Waals surface area contributed by atoms with Crippen molar-refractivity contribution in [3.8, 4) is 5.75 Å². The number of amides is 2. The SMILES string of the molecule is COCC1(CNC(=O)Nc2ccccc2OC)CCCN1. The molecule has 0 aromatic heterocycles. The van der Waals surface area contributed by atoms with Gasteiger partial charge in [-0.05, 0) is 31.5 Å². The van der Waals surface area contributed by atoms with E-state index in [0.29, 0.717) is 24.6 Å². The summed E-state index contributed by atoms with van der Waals surface area (Å²) >= 11 is 0. The number of ether oxygens (including phenoxy) is 2. The van der Waals surface area contributed by atoms with Crippen LogP contribution in [0.4, 0.5) is 10.5 Å². The number of carbonyl (C=O) groups excluding carboxylic acids is 1. The van der Waals surface area contributed by atoms with Gasteiger partial charge in [-0.2, -0.15) is 0 Å². The predicted molar refractivity (Wildman–Crippen MR) is 81.9 cm³/mol. The normalized spacial score (nSPS) is 21.0. The number of hydrogen-bond acceptors (Lipinski definition) is 4. The fraction of sp³-hybridized carbons (Fsp3) is 0.533. The minimum atomic E-state index is -0.247. The standard InChI is InChI=1S/C15H23N3O3/c1-20-11-15(8-5-9-17-15)10-16-14(19)18-12-6-3-4-7-13(12)21-2/h3-4,6-7,17H,5,8-11H2,1-2H3,(H2,16,18,19). The molecule has 0 bridgehead atoms. The van der Waals surface area contributed by atoms with E-state index >= 15 is 0 Å². The molecule has 1 heterocycles. The van der Waals surface area contributed by atoms with Crippen LogP contribution < -0.4 is 20.7 Å². The fourth-order valence-corrected chi connectivity index (χ4v) is 2.63. The van der Waals surface area contributed by atoms with Gasteiger partial charge in [0.25, 0.3) is 0 Å². The molecule has 0 radical (unpaired) electrons. The molecule has 0 saturated carbocycles. The van der Waals surface area contributed by atoms with Gasteiger partial charge in [0.1, 0.15) is 5.75 Å². The first kappa shape index (κ1) is 15.6. The summed E-state index contributed by atoms with van der Waals surface area (Å²) < 4.78 is 10.5. The zero-order valence-corrected chi connectivity index (χ0v) is 12.6. The second kappa shape index (κ2) is 7.28. The van der Waals surface area contributed by atoms with Crippen LogP contribution >= 0.6 is 0 Å². The Morgan fingerprint density at radius 3 is 2.86 bits per heavy atom. The van der Waals surface area contributed by atoms with Crippen molar-refractivity contribution in [1.29, 1.82) is 0 Å². The number of hydrogen-bond donors (Lipinski definition) is 3. The number of rotatable bonds is 6. The van der Waals surface area contributed by atoms with Crippen molar-refractivity contribution in [1.82, 2.24) is 10.6 Å². The Bertz CT molecular complexity index is 473. The first-order valence-electron chi connectivity index (χ1n) is 7.11. The molecule has 6 nitrogen and oxygen atoms in total. The highest BCUT2D eigenvalue weighted by molar-refractivity contribution is 5.90. The first-order valence-corrected chi connectivity index (χ1v) is 7.11. The number of carbonyl (C=O) groups is 1.